The van der Waals surface area contributed by atoms with Crippen molar-refractivity contribution in [2.45, 2.75) is 56.6 Å². The molecule has 1 aliphatic rings. The largest absolute Gasteiger partial charge is 0.469 e. The second-order valence-electron chi connectivity index (χ2n) is 10.3. The molecule has 7 heteroatoms. The zero-order valence-electron chi connectivity index (χ0n) is 23.2. The van der Waals surface area contributed by atoms with Crippen molar-refractivity contribution in [2.75, 3.05) is 13.7 Å². The maximum Gasteiger partial charge on any atom is 0.305 e. The summed E-state index contributed by atoms with van der Waals surface area (Å²) in [6.07, 6.45) is 7.33. The van der Waals surface area contributed by atoms with E-state index in [9.17, 15) is 13.2 Å². The van der Waals surface area contributed by atoms with Crippen LogP contribution in [-0.4, -0.2) is 34.2 Å². The molecule has 0 N–H and O–H groups in total. The molecule has 3 atom stereocenters. The van der Waals surface area contributed by atoms with Crippen LogP contribution >= 0.6 is 0 Å². The quantitative estimate of drug-likeness (QED) is 0.128. The summed E-state index contributed by atoms with van der Waals surface area (Å²) >= 11 is 0. The summed E-state index contributed by atoms with van der Waals surface area (Å²) in [5, 5.41) is 0. The van der Waals surface area contributed by atoms with Gasteiger partial charge in [-0.25, -0.2) is 0 Å². The van der Waals surface area contributed by atoms with Crippen molar-refractivity contribution in [3.05, 3.63) is 102 Å². The zero-order chi connectivity index (χ0) is 28.4. The normalized spacial score (nSPS) is 19.2. The number of carbonyl (C=O) groups excluding carboxylic acids is 1. The number of aryl methyl sites for hydroxylation is 1. The van der Waals surface area contributed by atoms with Gasteiger partial charge in [0.15, 0.2) is 0 Å². The molecule has 4 rings (SSSR count). The standard InChI is InChI=1S/C33H38O6S/c1-25-13-20-30(21-14-25)40(35,36)39-24-29-19-22-32(31(29)11-7-4-8-12-33(34)37-2)38-23-26-15-17-28(18-16-26)27-9-5-3-6-10-27/h3-7,9-10,13-18,20-21,29,31-32H,8,11-12,19,22-24H2,1-2H3/b7-4-/t29-,31-,32+/m1/s1. The second kappa shape index (κ2) is 14.4. The van der Waals surface area contributed by atoms with Crippen LogP contribution in [0.1, 0.15) is 43.2 Å². The fraction of sp³-hybridized carbons (Fsp3) is 0.364. The average Bonchev–Trinajstić information content (AvgIpc) is 3.37. The highest BCUT2D eigenvalue weighted by Gasteiger charge is 2.37. The number of ether oxygens (including phenoxy) is 2. The highest BCUT2D eigenvalue weighted by atomic mass is 32.2. The van der Waals surface area contributed by atoms with Gasteiger partial charge in [0.05, 0.1) is 31.3 Å². The maximum atomic E-state index is 12.8. The molecule has 0 unspecified atom stereocenters. The highest BCUT2D eigenvalue weighted by molar-refractivity contribution is 7.86. The minimum atomic E-state index is -3.84. The van der Waals surface area contributed by atoms with Crippen LogP contribution in [0.15, 0.2) is 95.9 Å². The maximum absolute atomic E-state index is 12.8. The van der Waals surface area contributed by atoms with Crippen LogP contribution in [0.2, 0.25) is 0 Å². The monoisotopic (exact) mass is 562 g/mol. The van der Waals surface area contributed by atoms with E-state index in [-0.39, 0.29) is 35.4 Å². The van der Waals surface area contributed by atoms with Crippen molar-refractivity contribution in [1.29, 1.82) is 0 Å². The summed E-state index contributed by atoms with van der Waals surface area (Å²) in [6.45, 7) is 2.51. The van der Waals surface area contributed by atoms with Crippen molar-refractivity contribution in [2.24, 2.45) is 11.8 Å². The molecule has 1 saturated carbocycles. The van der Waals surface area contributed by atoms with E-state index in [2.05, 4.69) is 42.5 Å². The van der Waals surface area contributed by atoms with Gasteiger partial charge in [0, 0.05) is 6.42 Å². The Labute approximate surface area is 238 Å². The fourth-order valence-electron chi connectivity index (χ4n) is 5.12. The van der Waals surface area contributed by atoms with E-state index < -0.39 is 10.1 Å². The molecule has 0 amide bonds. The highest BCUT2D eigenvalue weighted by Crippen LogP contribution is 2.38. The molecular formula is C33H38O6S. The van der Waals surface area contributed by atoms with Crippen LogP contribution in [0.4, 0.5) is 0 Å². The molecule has 40 heavy (non-hydrogen) atoms. The molecule has 3 aromatic rings. The van der Waals surface area contributed by atoms with Crippen molar-refractivity contribution >= 4 is 16.1 Å². The number of methoxy groups -OCH3 is 1. The van der Waals surface area contributed by atoms with E-state index in [1.54, 1.807) is 24.3 Å². The van der Waals surface area contributed by atoms with Crippen molar-refractivity contribution in [1.82, 2.24) is 0 Å². The van der Waals surface area contributed by atoms with Crippen LogP contribution in [-0.2, 0) is 35.2 Å². The minimum absolute atomic E-state index is 0.0188. The van der Waals surface area contributed by atoms with Crippen LogP contribution in [0.3, 0.4) is 0 Å². The first-order chi connectivity index (χ1) is 19.4. The molecule has 0 spiro atoms. The van der Waals surface area contributed by atoms with Crippen LogP contribution in [0.5, 0.6) is 0 Å². The third-order valence-electron chi connectivity index (χ3n) is 7.49. The van der Waals surface area contributed by atoms with Crippen molar-refractivity contribution < 1.29 is 26.9 Å². The number of carbonyl (C=O) groups is 1. The molecule has 0 bridgehead atoms. The molecule has 1 fully saturated rings. The van der Waals surface area contributed by atoms with E-state index in [0.29, 0.717) is 19.4 Å². The van der Waals surface area contributed by atoms with Gasteiger partial charge >= 0.3 is 5.97 Å². The molecule has 0 aliphatic heterocycles. The van der Waals surface area contributed by atoms with E-state index >= 15 is 0 Å². The van der Waals surface area contributed by atoms with E-state index in [0.717, 1.165) is 36.0 Å². The SMILES string of the molecule is COC(=O)CC/C=C\C[C@@H]1[C@@H](COS(=O)(=O)c2ccc(C)cc2)CC[C@@H]1OCc1ccc(-c2ccccc2)cc1. The Balaban J connectivity index is 1.38. The Kier molecular flexibility index (Phi) is 10.7. The van der Waals surface area contributed by atoms with Crippen LogP contribution in [0, 0.1) is 18.8 Å². The first-order valence-corrected chi connectivity index (χ1v) is 15.2. The molecule has 0 radical (unpaired) electrons. The molecule has 0 heterocycles. The fourth-order valence-corrected chi connectivity index (χ4v) is 6.08. The second-order valence-corrected chi connectivity index (χ2v) is 11.9. The Morgan fingerprint density at radius 1 is 0.900 bits per heavy atom. The number of hydrogen-bond acceptors (Lipinski definition) is 6. The van der Waals surface area contributed by atoms with Gasteiger partial charge in [0.2, 0.25) is 0 Å². The van der Waals surface area contributed by atoms with Gasteiger partial charge in [-0.2, -0.15) is 8.42 Å². The smallest absolute Gasteiger partial charge is 0.305 e. The first kappa shape index (κ1) is 29.7. The van der Waals surface area contributed by atoms with Gasteiger partial charge in [-0.05, 0) is 73.3 Å². The number of benzene rings is 3. The number of rotatable bonds is 13. The molecule has 1 aliphatic carbocycles. The zero-order valence-corrected chi connectivity index (χ0v) is 24.0. The first-order valence-electron chi connectivity index (χ1n) is 13.8. The number of hydrogen-bond donors (Lipinski definition) is 0. The summed E-state index contributed by atoms with van der Waals surface area (Å²) in [6, 6.07) is 25.3. The summed E-state index contributed by atoms with van der Waals surface area (Å²) in [5.74, 6) is -0.0975. The predicted molar refractivity (Wildman–Crippen MR) is 156 cm³/mol. The molecular weight excluding hydrogens is 524 g/mol. The summed E-state index contributed by atoms with van der Waals surface area (Å²) in [4.78, 5) is 11.6. The number of esters is 1. The topological polar surface area (TPSA) is 78.9 Å². The lowest BCUT2D eigenvalue weighted by Gasteiger charge is -2.24. The lowest BCUT2D eigenvalue weighted by Crippen LogP contribution is -2.25. The van der Waals surface area contributed by atoms with Gasteiger partial charge in [-0.1, -0.05) is 84.4 Å². The van der Waals surface area contributed by atoms with Crippen molar-refractivity contribution in [3.63, 3.8) is 0 Å². The van der Waals surface area contributed by atoms with E-state index in [4.69, 9.17) is 13.7 Å². The predicted octanol–water partition coefficient (Wildman–Crippen LogP) is 6.88. The summed E-state index contributed by atoms with van der Waals surface area (Å²) in [5.41, 5.74) is 4.41. The summed E-state index contributed by atoms with van der Waals surface area (Å²) < 4.78 is 42.3. The molecule has 0 saturated heterocycles. The van der Waals surface area contributed by atoms with Crippen LogP contribution < -0.4 is 0 Å². The average molecular weight is 563 g/mol. The number of allylic oxidation sites excluding steroid dienone is 2. The Morgan fingerprint density at radius 2 is 1.60 bits per heavy atom. The molecule has 6 nitrogen and oxygen atoms in total. The van der Waals surface area contributed by atoms with Gasteiger partial charge in [-0.15, -0.1) is 0 Å². The van der Waals surface area contributed by atoms with Gasteiger partial charge in [0.1, 0.15) is 0 Å². The van der Waals surface area contributed by atoms with Gasteiger partial charge in [0.25, 0.3) is 10.1 Å². The van der Waals surface area contributed by atoms with Crippen LogP contribution in [0.25, 0.3) is 11.1 Å². The van der Waals surface area contributed by atoms with E-state index in [1.165, 1.54) is 12.7 Å². The van der Waals surface area contributed by atoms with E-state index in [1.807, 2.05) is 31.2 Å². The Hall–Kier alpha value is -3.26. The van der Waals surface area contributed by atoms with Crippen molar-refractivity contribution in [3.8, 4) is 11.1 Å². The molecule has 3 aromatic carbocycles. The third-order valence-corrected chi connectivity index (χ3v) is 8.79. The lowest BCUT2D eigenvalue weighted by molar-refractivity contribution is -0.140. The van der Waals surface area contributed by atoms with Gasteiger partial charge in [-0.3, -0.25) is 8.98 Å². The lowest BCUT2D eigenvalue weighted by atomic mass is 9.92. The molecule has 0 aromatic heterocycles. The third kappa shape index (κ3) is 8.37. The summed E-state index contributed by atoms with van der Waals surface area (Å²) in [7, 11) is -2.45. The minimum Gasteiger partial charge on any atom is -0.469 e. The van der Waals surface area contributed by atoms with Gasteiger partial charge < -0.3 is 9.47 Å². The molecule has 212 valence electrons. The Bertz CT molecular complexity index is 1350. The Morgan fingerprint density at radius 3 is 2.30 bits per heavy atom.